The monoisotopic (exact) mass is 226 g/mol. The fourth-order valence-electron chi connectivity index (χ4n) is 1.52. The Labute approximate surface area is 97.0 Å². The molecule has 0 aromatic heterocycles. The van der Waals surface area contributed by atoms with Gasteiger partial charge in [0.15, 0.2) is 0 Å². The highest BCUT2D eigenvalue weighted by molar-refractivity contribution is 6.31. The van der Waals surface area contributed by atoms with E-state index in [1.165, 1.54) is 11.1 Å². The first-order chi connectivity index (χ1) is 7.13. The van der Waals surface area contributed by atoms with Crippen molar-refractivity contribution in [2.45, 2.75) is 19.4 Å². The molecule has 0 radical (unpaired) electrons. The minimum absolute atomic E-state index is 0.733. The van der Waals surface area contributed by atoms with E-state index in [1.54, 1.807) is 0 Å². The van der Waals surface area contributed by atoms with Gasteiger partial charge in [-0.05, 0) is 50.7 Å². The normalized spacial score (nSPS) is 11.0. The Morgan fingerprint density at radius 3 is 2.60 bits per heavy atom. The predicted octanol–water partition coefficient (Wildman–Crippen LogP) is 2.29. The molecule has 3 heteroatoms. The molecule has 0 spiro atoms. The highest BCUT2D eigenvalue weighted by Gasteiger charge is 2.02. The van der Waals surface area contributed by atoms with Gasteiger partial charge in [-0.3, -0.25) is 0 Å². The lowest BCUT2D eigenvalue weighted by Crippen LogP contribution is -2.11. The van der Waals surface area contributed by atoms with E-state index in [-0.39, 0.29) is 0 Å². The number of hydrogen-bond acceptors (Lipinski definition) is 2. The molecule has 0 aliphatic carbocycles. The van der Waals surface area contributed by atoms with Gasteiger partial charge in [-0.2, -0.15) is 0 Å². The first-order valence-corrected chi connectivity index (χ1v) is 5.63. The van der Waals surface area contributed by atoms with Gasteiger partial charge in [0.05, 0.1) is 0 Å². The Kier molecular flexibility index (Phi) is 5.09. The second-order valence-electron chi connectivity index (χ2n) is 4.06. The Morgan fingerprint density at radius 1 is 1.33 bits per heavy atom. The van der Waals surface area contributed by atoms with Gasteiger partial charge in [-0.15, -0.1) is 0 Å². The van der Waals surface area contributed by atoms with Crippen molar-refractivity contribution in [1.29, 1.82) is 0 Å². The van der Waals surface area contributed by atoms with Crippen LogP contribution in [-0.4, -0.2) is 25.5 Å². The van der Waals surface area contributed by atoms with Crippen molar-refractivity contribution in [3.63, 3.8) is 0 Å². The Morgan fingerprint density at radius 2 is 2.07 bits per heavy atom. The smallest absolute Gasteiger partial charge is 0.0453 e. The van der Waals surface area contributed by atoms with E-state index in [0.29, 0.717) is 0 Å². The van der Waals surface area contributed by atoms with Crippen LogP contribution in [0.2, 0.25) is 5.02 Å². The van der Waals surface area contributed by atoms with Crippen LogP contribution in [0.3, 0.4) is 0 Å². The van der Waals surface area contributed by atoms with Crippen LogP contribution in [0.15, 0.2) is 18.2 Å². The van der Waals surface area contributed by atoms with Crippen molar-refractivity contribution in [2.75, 3.05) is 20.6 Å². The number of rotatable bonds is 5. The molecule has 0 fully saturated rings. The average molecular weight is 227 g/mol. The maximum Gasteiger partial charge on any atom is 0.0453 e. The molecule has 2 N–H and O–H groups in total. The van der Waals surface area contributed by atoms with Gasteiger partial charge >= 0.3 is 0 Å². The SMILES string of the molecule is CN(C)Cc1ccc(CCCN)cc1Cl. The van der Waals surface area contributed by atoms with Gasteiger partial charge in [-0.25, -0.2) is 0 Å². The Bertz CT molecular complexity index is 310. The summed E-state index contributed by atoms with van der Waals surface area (Å²) in [6.07, 6.45) is 2.03. The van der Waals surface area contributed by atoms with Crippen molar-refractivity contribution in [2.24, 2.45) is 5.73 Å². The van der Waals surface area contributed by atoms with Crippen molar-refractivity contribution >= 4 is 11.6 Å². The number of nitrogens with two attached hydrogens (primary N) is 1. The Balaban J connectivity index is 2.70. The summed E-state index contributed by atoms with van der Waals surface area (Å²) in [5, 5.41) is 0.859. The molecule has 0 aliphatic rings. The molecule has 0 amide bonds. The fourth-order valence-corrected chi connectivity index (χ4v) is 1.78. The summed E-state index contributed by atoms with van der Waals surface area (Å²) < 4.78 is 0. The van der Waals surface area contributed by atoms with Crippen LogP contribution >= 0.6 is 11.6 Å². The first-order valence-electron chi connectivity index (χ1n) is 5.25. The van der Waals surface area contributed by atoms with Crippen molar-refractivity contribution in [3.8, 4) is 0 Å². The molecule has 15 heavy (non-hydrogen) atoms. The summed E-state index contributed by atoms with van der Waals surface area (Å²) in [6, 6.07) is 6.30. The van der Waals surface area contributed by atoms with E-state index in [2.05, 4.69) is 23.1 Å². The maximum absolute atomic E-state index is 6.19. The van der Waals surface area contributed by atoms with Crippen molar-refractivity contribution < 1.29 is 0 Å². The number of benzene rings is 1. The number of halogens is 1. The van der Waals surface area contributed by atoms with Gasteiger partial charge in [0.25, 0.3) is 0 Å². The first kappa shape index (κ1) is 12.5. The molecule has 0 saturated carbocycles. The molecule has 0 aliphatic heterocycles. The predicted molar refractivity (Wildman–Crippen MR) is 66.2 cm³/mol. The zero-order valence-electron chi connectivity index (χ0n) is 9.46. The van der Waals surface area contributed by atoms with Crippen LogP contribution in [0, 0.1) is 0 Å². The summed E-state index contributed by atoms with van der Waals surface area (Å²) >= 11 is 6.19. The standard InChI is InChI=1S/C12H19ClN2/c1-15(2)9-11-6-5-10(4-3-7-14)8-12(11)13/h5-6,8H,3-4,7,9,14H2,1-2H3. The summed E-state index contributed by atoms with van der Waals surface area (Å²) in [5.41, 5.74) is 7.92. The molecule has 2 nitrogen and oxygen atoms in total. The number of aryl methyl sites for hydroxylation is 1. The fraction of sp³-hybridized carbons (Fsp3) is 0.500. The lowest BCUT2D eigenvalue weighted by molar-refractivity contribution is 0.402. The van der Waals surface area contributed by atoms with E-state index in [9.17, 15) is 0 Å². The number of hydrogen-bond donors (Lipinski definition) is 1. The third kappa shape index (κ3) is 4.20. The highest BCUT2D eigenvalue weighted by Crippen LogP contribution is 2.19. The van der Waals surface area contributed by atoms with Gasteiger partial charge in [0.2, 0.25) is 0 Å². The lowest BCUT2D eigenvalue weighted by atomic mass is 10.1. The largest absolute Gasteiger partial charge is 0.330 e. The summed E-state index contributed by atoms with van der Waals surface area (Å²) in [5.74, 6) is 0. The molecule has 0 saturated heterocycles. The second-order valence-corrected chi connectivity index (χ2v) is 4.46. The molecule has 1 aromatic carbocycles. The minimum Gasteiger partial charge on any atom is -0.330 e. The zero-order valence-corrected chi connectivity index (χ0v) is 10.2. The third-order valence-electron chi connectivity index (χ3n) is 2.27. The molecule has 1 rings (SSSR count). The van der Waals surface area contributed by atoms with E-state index in [0.717, 1.165) is 31.0 Å². The van der Waals surface area contributed by atoms with Gasteiger partial charge in [0.1, 0.15) is 0 Å². The molecule has 0 bridgehead atoms. The lowest BCUT2D eigenvalue weighted by Gasteiger charge is -2.12. The zero-order chi connectivity index (χ0) is 11.3. The quantitative estimate of drug-likeness (QED) is 0.835. The molecule has 0 atom stereocenters. The maximum atomic E-state index is 6.19. The summed E-state index contributed by atoms with van der Waals surface area (Å²) in [6.45, 7) is 1.62. The molecular formula is C12H19ClN2. The van der Waals surface area contributed by atoms with E-state index in [4.69, 9.17) is 17.3 Å². The van der Waals surface area contributed by atoms with Crippen LogP contribution in [0.5, 0.6) is 0 Å². The summed E-state index contributed by atoms with van der Waals surface area (Å²) in [7, 11) is 4.08. The minimum atomic E-state index is 0.733. The molecule has 84 valence electrons. The number of nitrogens with zero attached hydrogens (tertiary/aromatic N) is 1. The topological polar surface area (TPSA) is 29.3 Å². The Hall–Kier alpha value is -0.570. The molecule has 0 heterocycles. The third-order valence-corrected chi connectivity index (χ3v) is 2.63. The van der Waals surface area contributed by atoms with Crippen LogP contribution in [0.1, 0.15) is 17.5 Å². The van der Waals surface area contributed by atoms with Gasteiger partial charge in [-0.1, -0.05) is 23.7 Å². The molecular weight excluding hydrogens is 208 g/mol. The van der Waals surface area contributed by atoms with Gasteiger partial charge < -0.3 is 10.6 Å². The van der Waals surface area contributed by atoms with E-state index < -0.39 is 0 Å². The highest BCUT2D eigenvalue weighted by atomic mass is 35.5. The van der Waals surface area contributed by atoms with Crippen molar-refractivity contribution in [1.82, 2.24) is 4.90 Å². The summed E-state index contributed by atoms with van der Waals surface area (Å²) in [4.78, 5) is 2.11. The van der Waals surface area contributed by atoms with E-state index in [1.807, 2.05) is 14.1 Å². The van der Waals surface area contributed by atoms with Crippen LogP contribution in [-0.2, 0) is 13.0 Å². The van der Waals surface area contributed by atoms with E-state index >= 15 is 0 Å². The van der Waals surface area contributed by atoms with Crippen LogP contribution in [0.25, 0.3) is 0 Å². The molecule has 1 aromatic rings. The van der Waals surface area contributed by atoms with Crippen molar-refractivity contribution in [3.05, 3.63) is 34.3 Å². The van der Waals surface area contributed by atoms with Crippen LogP contribution in [0.4, 0.5) is 0 Å². The molecule has 0 unspecified atom stereocenters. The second kappa shape index (κ2) is 6.11. The van der Waals surface area contributed by atoms with Crippen LogP contribution < -0.4 is 5.73 Å². The average Bonchev–Trinajstić information content (AvgIpc) is 2.18. The van der Waals surface area contributed by atoms with Gasteiger partial charge in [0, 0.05) is 11.6 Å².